The van der Waals surface area contributed by atoms with Gasteiger partial charge in [0.25, 0.3) is 0 Å². The molecule has 0 spiro atoms. The van der Waals surface area contributed by atoms with E-state index in [4.69, 9.17) is 5.73 Å². The lowest BCUT2D eigenvalue weighted by Crippen LogP contribution is -2.35. The molecule has 0 bridgehead atoms. The second kappa shape index (κ2) is 7.88. The van der Waals surface area contributed by atoms with Crippen LogP contribution >= 0.6 is 11.8 Å². The first-order valence-corrected chi connectivity index (χ1v) is 10.2. The van der Waals surface area contributed by atoms with Crippen LogP contribution in [0.2, 0.25) is 0 Å². The predicted molar refractivity (Wildman–Crippen MR) is 113 cm³/mol. The molecule has 2 aromatic carbocycles. The minimum absolute atomic E-state index is 0.437. The topological polar surface area (TPSA) is 62.5 Å². The molecule has 4 rings (SSSR count). The molecule has 3 aromatic rings. The summed E-state index contributed by atoms with van der Waals surface area (Å²) in [4.78, 5) is 20.4. The van der Waals surface area contributed by atoms with E-state index in [0.29, 0.717) is 6.54 Å². The number of carbonyl (C=O) groups is 1. The molecule has 1 fully saturated rings. The van der Waals surface area contributed by atoms with Crippen LogP contribution in [0.25, 0.3) is 10.8 Å². The van der Waals surface area contributed by atoms with Crippen LogP contribution in [-0.4, -0.2) is 35.6 Å². The van der Waals surface area contributed by atoms with Crippen LogP contribution in [0.4, 0.5) is 16.2 Å². The third kappa shape index (κ3) is 3.85. The van der Waals surface area contributed by atoms with Gasteiger partial charge >= 0.3 is 6.03 Å². The molecule has 1 aromatic heterocycles. The summed E-state index contributed by atoms with van der Waals surface area (Å²) in [5.74, 6) is 2.35. The minimum atomic E-state index is -0.462. The highest BCUT2D eigenvalue weighted by molar-refractivity contribution is 7.99. The maximum Gasteiger partial charge on any atom is 0.319 e. The standard InChI is InChI=1S/C21H22N4OS/c22-21(26)25(20-3-1-2-17-14-23-9-8-19(17)20)15-16-4-6-18(7-5-16)24-10-12-27-13-11-24/h1-9,14H,10-13,15H2,(H2,22,26). The van der Waals surface area contributed by atoms with Crippen LogP contribution in [0.15, 0.2) is 60.9 Å². The van der Waals surface area contributed by atoms with Gasteiger partial charge in [0.2, 0.25) is 0 Å². The number of amides is 2. The van der Waals surface area contributed by atoms with Crippen molar-refractivity contribution in [3.05, 3.63) is 66.5 Å². The average molecular weight is 379 g/mol. The molecular weight excluding hydrogens is 356 g/mol. The maximum absolute atomic E-state index is 12.2. The van der Waals surface area contributed by atoms with Crippen LogP contribution in [0, 0.1) is 0 Å². The third-order valence-corrected chi connectivity index (χ3v) is 5.81. The Bertz CT molecular complexity index is 933. The van der Waals surface area contributed by atoms with Crippen LogP contribution in [0.3, 0.4) is 0 Å². The number of thioether (sulfide) groups is 1. The van der Waals surface area contributed by atoms with E-state index in [1.807, 2.05) is 36.0 Å². The molecule has 0 saturated carbocycles. The van der Waals surface area contributed by atoms with E-state index in [1.54, 1.807) is 17.3 Å². The molecule has 1 aliphatic heterocycles. The number of benzene rings is 2. The fraction of sp³-hybridized carbons (Fsp3) is 0.238. The summed E-state index contributed by atoms with van der Waals surface area (Å²) in [7, 11) is 0. The van der Waals surface area contributed by atoms with Gasteiger partial charge in [0.15, 0.2) is 0 Å². The largest absolute Gasteiger partial charge is 0.370 e. The van der Waals surface area contributed by atoms with Gasteiger partial charge in [-0.05, 0) is 29.8 Å². The highest BCUT2D eigenvalue weighted by Gasteiger charge is 2.16. The van der Waals surface area contributed by atoms with Crippen molar-refractivity contribution in [1.29, 1.82) is 0 Å². The second-order valence-corrected chi connectivity index (χ2v) is 7.79. The number of nitrogens with zero attached hydrogens (tertiary/aromatic N) is 3. The maximum atomic E-state index is 12.2. The Morgan fingerprint density at radius 2 is 1.89 bits per heavy atom. The normalized spacial score (nSPS) is 14.3. The number of urea groups is 1. The van der Waals surface area contributed by atoms with Crippen molar-refractivity contribution in [2.24, 2.45) is 5.73 Å². The quantitative estimate of drug-likeness (QED) is 0.748. The van der Waals surface area contributed by atoms with E-state index >= 15 is 0 Å². The molecule has 27 heavy (non-hydrogen) atoms. The molecule has 0 atom stereocenters. The van der Waals surface area contributed by atoms with E-state index < -0.39 is 6.03 Å². The van der Waals surface area contributed by atoms with Crippen LogP contribution in [-0.2, 0) is 6.54 Å². The van der Waals surface area contributed by atoms with E-state index in [9.17, 15) is 4.79 Å². The summed E-state index contributed by atoms with van der Waals surface area (Å²) < 4.78 is 0. The van der Waals surface area contributed by atoms with Crippen molar-refractivity contribution in [2.75, 3.05) is 34.4 Å². The molecule has 2 heterocycles. The van der Waals surface area contributed by atoms with Gasteiger partial charge < -0.3 is 10.6 Å². The molecule has 138 valence electrons. The number of anilines is 2. The van der Waals surface area contributed by atoms with Gasteiger partial charge in [0.05, 0.1) is 12.2 Å². The highest BCUT2D eigenvalue weighted by Crippen LogP contribution is 2.28. The fourth-order valence-corrected chi connectivity index (χ4v) is 4.34. The summed E-state index contributed by atoms with van der Waals surface area (Å²) in [6.07, 6.45) is 3.53. The van der Waals surface area contributed by atoms with Crippen molar-refractivity contribution in [3.8, 4) is 0 Å². The van der Waals surface area contributed by atoms with Gasteiger partial charge in [-0.15, -0.1) is 0 Å². The minimum Gasteiger partial charge on any atom is -0.370 e. The van der Waals surface area contributed by atoms with Crippen molar-refractivity contribution in [2.45, 2.75) is 6.54 Å². The number of rotatable bonds is 4. The Morgan fingerprint density at radius 3 is 2.63 bits per heavy atom. The molecule has 1 aliphatic rings. The van der Waals surface area contributed by atoms with E-state index in [0.717, 1.165) is 35.1 Å². The number of aromatic nitrogens is 1. The van der Waals surface area contributed by atoms with Gasteiger partial charge in [-0.2, -0.15) is 11.8 Å². The Labute approximate surface area is 163 Å². The average Bonchev–Trinajstić information content (AvgIpc) is 2.72. The van der Waals surface area contributed by atoms with E-state index in [2.05, 4.69) is 34.1 Å². The summed E-state index contributed by atoms with van der Waals surface area (Å²) in [6.45, 7) is 2.61. The lowest BCUT2D eigenvalue weighted by molar-refractivity contribution is 0.253. The van der Waals surface area contributed by atoms with Gasteiger partial charge in [0, 0.05) is 53.4 Å². The van der Waals surface area contributed by atoms with Crippen molar-refractivity contribution < 1.29 is 4.79 Å². The van der Waals surface area contributed by atoms with Gasteiger partial charge in [-0.25, -0.2) is 4.79 Å². The Kier molecular flexibility index (Phi) is 5.16. The molecule has 6 heteroatoms. The zero-order valence-corrected chi connectivity index (χ0v) is 15.9. The van der Waals surface area contributed by atoms with Crippen molar-refractivity contribution >= 4 is 39.9 Å². The second-order valence-electron chi connectivity index (χ2n) is 6.56. The summed E-state index contributed by atoms with van der Waals surface area (Å²) in [5, 5.41) is 1.95. The zero-order chi connectivity index (χ0) is 18.6. The first-order valence-electron chi connectivity index (χ1n) is 9.04. The molecule has 0 unspecified atom stereocenters. The fourth-order valence-electron chi connectivity index (χ4n) is 3.44. The molecule has 2 amide bonds. The highest BCUT2D eigenvalue weighted by atomic mass is 32.2. The number of fused-ring (bicyclic) bond motifs is 1. The number of carbonyl (C=O) groups excluding carboxylic acids is 1. The number of nitrogens with two attached hydrogens (primary N) is 1. The van der Waals surface area contributed by atoms with Gasteiger partial charge in [-0.1, -0.05) is 24.3 Å². The lowest BCUT2D eigenvalue weighted by Gasteiger charge is -2.29. The Balaban J connectivity index is 1.59. The summed E-state index contributed by atoms with van der Waals surface area (Å²) in [5.41, 5.74) is 8.81. The molecule has 0 radical (unpaired) electrons. The first-order chi connectivity index (χ1) is 13.2. The summed E-state index contributed by atoms with van der Waals surface area (Å²) >= 11 is 2.00. The molecule has 2 N–H and O–H groups in total. The number of primary amides is 1. The lowest BCUT2D eigenvalue weighted by atomic mass is 10.1. The number of pyridine rings is 1. The van der Waals surface area contributed by atoms with Crippen LogP contribution in [0.1, 0.15) is 5.56 Å². The first kappa shape index (κ1) is 17.7. The van der Waals surface area contributed by atoms with Gasteiger partial charge in [0.1, 0.15) is 0 Å². The van der Waals surface area contributed by atoms with Crippen LogP contribution in [0.5, 0.6) is 0 Å². The predicted octanol–water partition coefficient (Wildman–Crippen LogP) is 3.87. The van der Waals surface area contributed by atoms with E-state index in [1.165, 1.54) is 17.2 Å². The zero-order valence-electron chi connectivity index (χ0n) is 15.0. The smallest absolute Gasteiger partial charge is 0.319 e. The number of hydrogen-bond acceptors (Lipinski definition) is 4. The number of hydrogen-bond donors (Lipinski definition) is 1. The van der Waals surface area contributed by atoms with Crippen LogP contribution < -0.4 is 15.5 Å². The van der Waals surface area contributed by atoms with Crippen molar-refractivity contribution in [3.63, 3.8) is 0 Å². The SMILES string of the molecule is NC(=O)N(Cc1ccc(N2CCSCC2)cc1)c1cccc2cnccc12. The molecule has 1 saturated heterocycles. The Hall–Kier alpha value is -2.73. The molecule has 5 nitrogen and oxygen atoms in total. The third-order valence-electron chi connectivity index (χ3n) is 4.87. The van der Waals surface area contributed by atoms with Crippen molar-refractivity contribution in [1.82, 2.24) is 4.98 Å². The van der Waals surface area contributed by atoms with Gasteiger partial charge in [-0.3, -0.25) is 9.88 Å². The Morgan fingerprint density at radius 1 is 1.11 bits per heavy atom. The molecule has 0 aliphatic carbocycles. The summed E-state index contributed by atoms with van der Waals surface area (Å²) in [6, 6.07) is 15.7. The monoisotopic (exact) mass is 378 g/mol. The molecular formula is C21H22N4OS. The van der Waals surface area contributed by atoms with E-state index in [-0.39, 0.29) is 0 Å².